The van der Waals surface area contributed by atoms with Crippen molar-refractivity contribution in [2.24, 2.45) is 0 Å². The number of urea groups is 1. The first kappa shape index (κ1) is 23.3. The minimum absolute atomic E-state index is 0.105. The third-order valence-electron chi connectivity index (χ3n) is 6.33. The van der Waals surface area contributed by atoms with Crippen molar-refractivity contribution < 1.29 is 18.7 Å². The first-order valence-electron chi connectivity index (χ1n) is 11.8. The Kier molecular flexibility index (Phi) is 6.25. The number of ether oxygens (including phenoxy) is 1. The van der Waals surface area contributed by atoms with E-state index in [1.54, 1.807) is 42.5 Å². The number of rotatable bonds is 6. The van der Waals surface area contributed by atoms with E-state index in [9.17, 15) is 9.59 Å². The molecule has 3 heterocycles. The van der Waals surface area contributed by atoms with Crippen LogP contribution in [0.3, 0.4) is 0 Å². The van der Waals surface area contributed by atoms with Gasteiger partial charge in [-0.25, -0.2) is 4.79 Å². The van der Waals surface area contributed by atoms with Gasteiger partial charge in [0.15, 0.2) is 0 Å². The molecule has 0 bridgehead atoms. The molecule has 1 N–H and O–H groups in total. The highest BCUT2D eigenvalue weighted by Crippen LogP contribution is 2.42. The number of hydrogen-bond donors (Lipinski definition) is 1. The van der Waals surface area contributed by atoms with E-state index in [0.29, 0.717) is 17.2 Å². The molecule has 0 radical (unpaired) electrons. The van der Waals surface area contributed by atoms with Crippen molar-refractivity contribution in [1.82, 2.24) is 9.47 Å². The van der Waals surface area contributed by atoms with Crippen LogP contribution in [0.2, 0.25) is 0 Å². The van der Waals surface area contributed by atoms with Gasteiger partial charge in [-0.15, -0.1) is 0 Å². The SMILES string of the molecule is COc1ccc(NC(=O)N(CC(=O)N2c3ccccc3-n3cccc3C2c2ccco2)C(C)C)cc1. The highest BCUT2D eigenvalue weighted by molar-refractivity contribution is 6.01. The minimum Gasteiger partial charge on any atom is -0.497 e. The summed E-state index contributed by atoms with van der Waals surface area (Å²) in [4.78, 5) is 30.5. The maximum absolute atomic E-state index is 14.0. The number of benzene rings is 2. The Morgan fingerprint density at radius 1 is 1.00 bits per heavy atom. The van der Waals surface area contributed by atoms with E-state index in [-0.39, 0.29) is 24.5 Å². The molecule has 0 aliphatic carbocycles. The van der Waals surface area contributed by atoms with Gasteiger partial charge in [0.1, 0.15) is 24.1 Å². The Balaban J connectivity index is 1.46. The number of anilines is 2. The van der Waals surface area contributed by atoms with Crippen LogP contribution in [0.25, 0.3) is 5.69 Å². The van der Waals surface area contributed by atoms with Gasteiger partial charge in [-0.2, -0.15) is 0 Å². The molecule has 1 aliphatic rings. The fourth-order valence-corrected chi connectivity index (χ4v) is 4.56. The molecule has 1 aliphatic heterocycles. The largest absolute Gasteiger partial charge is 0.497 e. The molecular weight excluding hydrogens is 456 g/mol. The van der Waals surface area contributed by atoms with Crippen molar-refractivity contribution in [3.8, 4) is 11.4 Å². The molecule has 0 spiro atoms. The number of amides is 3. The normalized spacial score (nSPS) is 14.2. The molecule has 36 heavy (non-hydrogen) atoms. The van der Waals surface area contributed by atoms with E-state index in [1.807, 2.05) is 68.6 Å². The highest BCUT2D eigenvalue weighted by Gasteiger charge is 2.38. The summed E-state index contributed by atoms with van der Waals surface area (Å²) in [5.74, 6) is 1.13. The second-order valence-corrected chi connectivity index (χ2v) is 8.85. The maximum atomic E-state index is 14.0. The smallest absolute Gasteiger partial charge is 0.322 e. The molecule has 1 atom stereocenters. The number of nitrogens with zero attached hydrogens (tertiary/aromatic N) is 3. The van der Waals surface area contributed by atoms with Crippen molar-refractivity contribution in [2.45, 2.75) is 25.9 Å². The quantitative estimate of drug-likeness (QED) is 0.394. The molecule has 2 aromatic heterocycles. The molecule has 2 aromatic carbocycles. The predicted molar refractivity (Wildman–Crippen MR) is 138 cm³/mol. The van der Waals surface area contributed by atoms with Crippen molar-refractivity contribution in [3.05, 3.63) is 96.7 Å². The lowest BCUT2D eigenvalue weighted by Crippen LogP contribution is -2.49. The van der Waals surface area contributed by atoms with Crippen molar-refractivity contribution in [1.29, 1.82) is 0 Å². The van der Waals surface area contributed by atoms with Crippen LogP contribution >= 0.6 is 0 Å². The van der Waals surface area contributed by atoms with Crippen LogP contribution in [0.15, 0.2) is 89.7 Å². The zero-order valence-corrected chi connectivity index (χ0v) is 20.4. The van der Waals surface area contributed by atoms with E-state index < -0.39 is 6.04 Å². The number of nitrogens with one attached hydrogen (secondary N) is 1. The van der Waals surface area contributed by atoms with E-state index in [2.05, 4.69) is 9.88 Å². The van der Waals surface area contributed by atoms with E-state index >= 15 is 0 Å². The number of methoxy groups -OCH3 is 1. The third kappa shape index (κ3) is 4.22. The molecule has 8 heteroatoms. The molecule has 8 nitrogen and oxygen atoms in total. The lowest BCUT2D eigenvalue weighted by molar-refractivity contribution is -0.120. The number of carbonyl (C=O) groups excluding carboxylic acids is 2. The molecule has 4 aromatic rings. The topological polar surface area (TPSA) is 80.0 Å². The Hall–Kier alpha value is -4.46. The van der Waals surface area contributed by atoms with Gasteiger partial charge in [0.05, 0.1) is 30.4 Å². The molecule has 184 valence electrons. The summed E-state index contributed by atoms with van der Waals surface area (Å²) in [6, 6.07) is 21.4. The van der Waals surface area contributed by atoms with Gasteiger partial charge >= 0.3 is 6.03 Å². The summed E-state index contributed by atoms with van der Waals surface area (Å²) >= 11 is 0. The van der Waals surface area contributed by atoms with Crippen molar-refractivity contribution in [2.75, 3.05) is 23.9 Å². The summed E-state index contributed by atoms with van der Waals surface area (Å²) < 4.78 is 13.0. The van der Waals surface area contributed by atoms with E-state index in [0.717, 1.165) is 17.1 Å². The molecule has 3 amide bonds. The van der Waals surface area contributed by atoms with Crippen LogP contribution < -0.4 is 15.0 Å². The fourth-order valence-electron chi connectivity index (χ4n) is 4.56. The standard InChI is InChI=1S/C28H28N4O4/c1-19(2)31(28(34)29-20-12-14-21(35-3)15-13-20)18-26(33)32-23-9-5-4-8-22(23)30-16-6-10-24(30)27(32)25-11-7-17-36-25/h4-17,19,27H,18H2,1-3H3,(H,29,34). The van der Waals surface area contributed by atoms with E-state index in [4.69, 9.17) is 9.15 Å². The minimum atomic E-state index is -0.462. The average Bonchev–Trinajstić information content (AvgIpc) is 3.59. The summed E-state index contributed by atoms with van der Waals surface area (Å²) in [6.45, 7) is 3.67. The van der Waals surface area contributed by atoms with Crippen LogP contribution in [0.5, 0.6) is 5.75 Å². The molecule has 0 saturated carbocycles. The monoisotopic (exact) mass is 484 g/mol. The lowest BCUT2D eigenvalue weighted by atomic mass is 10.0. The summed E-state index contributed by atoms with van der Waals surface area (Å²) in [5.41, 5.74) is 3.18. The van der Waals surface area contributed by atoms with Gasteiger partial charge in [-0.3, -0.25) is 9.69 Å². The lowest BCUT2D eigenvalue weighted by Gasteiger charge is -2.38. The molecule has 5 rings (SSSR count). The zero-order chi connectivity index (χ0) is 25.2. The highest BCUT2D eigenvalue weighted by atomic mass is 16.5. The van der Waals surface area contributed by atoms with Gasteiger partial charge in [-0.05, 0) is 74.5 Å². The van der Waals surface area contributed by atoms with Crippen molar-refractivity contribution >= 4 is 23.3 Å². The number of aromatic nitrogens is 1. The first-order chi connectivity index (χ1) is 17.5. The number of carbonyl (C=O) groups is 2. The van der Waals surface area contributed by atoms with Gasteiger partial charge in [0, 0.05) is 17.9 Å². The Morgan fingerprint density at radius 2 is 1.75 bits per heavy atom. The number of fused-ring (bicyclic) bond motifs is 3. The number of para-hydroxylation sites is 2. The van der Waals surface area contributed by atoms with Crippen LogP contribution in [0, 0.1) is 0 Å². The second kappa shape index (κ2) is 9.65. The summed E-state index contributed by atoms with van der Waals surface area (Å²) in [7, 11) is 1.59. The first-order valence-corrected chi connectivity index (χ1v) is 11.8. The van der Waals surface area contributed by atoms with Gasteiger partial charge in [0.25, 0.3) is 0 Å². The maximum Gasteiger partial charge on any atom is 0.322 e. The summed E-state index contributed by atoms with van der Waals surface area (Å²) in [6.07, 6.45) is 3.59. The van der Waals surface area contributed by atoms with Crippen LogP contribution in [-0.4, -0.2) is 41.1 Å². The second-order valence-electron chi connectivity index (χ2n) is 8.85. The van der Waals surface area contributed by atoms with Gasteiger partial charge in [-0.1, -0.05) is 12.1 Å². The number of furan rings is 1. The van der Waals surface area contributed by atoms with E-state index in [1.165, 1.54) is 4.90 Å². The van der Waals surface area contributed by atoms with Crippen LogP contribution in [0.4, 0.5) is 16.2 Å². The van der Waals surface area contributed by atoms with Crippen LogP contribution in [-0.2, 0) is 4.79 Å². The number of hydrogen-bond acceptors (Lipinski definition) is 4. The fraction of sp³-hybridized carbons (Fsp3) is 0.214. The van der Waals surface area contributed by atoms with Crippen molar-refractivity contribution in [3.63, 3.8) is 0 Å². The Bertz CT molecular complexity index is 1360. The molecule has 1 unspecified atom stereocenters. The Morgan fingerprint density at radius 3 is 2.42 bits per heavy atom. The average molecular weight is 485 g/mol. The third-order valence-corrected chi connectivity index (χ3v) is 6.33. The van der Waals surface area contributed by atoms with Gasteiger partial charge in [0.2, 0.25) is 5.91 Å². The summed E-state index contributed by atoms with van der Waals surface area (Å²) in [5, 5.41) is 2.89. The predicted octanol–water partition coefficient (Wildman–Crippen LogP) is 5.46. The van der Waals surface area contributed by atoms with Crippen LogP contribution in [0.1, 0.15) is 31.3 Å². The Labute approximate surface area is 209 Å². The zero-order valence-electron chi connectivity index (χ0n) is 20.4. The molecule has 0 fully saturated rings. The molecule has 0 saturated heterocycles. The molecular formula is C28H28N4O4. The van der Waals surface area contributed by atoms with Gasteiger partial charge < -0.3 is 23.9 Å².